The lowest BCUT2D eigenvalue weighted by molar-refractivity contribution is -0.111. The zero-order valence-corrected chi connectivity index (χ0v) is 16.6. The Morgan fingerprint density at radius 2 is 1.96 bits per heavy atom. The monoisotopic (exact) mass is 423 g/mol. The summed E-state index contributed by atoms with van der Waals surface area (Å²) in [7, 11) is 0. The second-order valence-corrected chi connectivity index (χ2v) is 6.95. The van der Waals surface area contributed by atoms with Crippen LogP contribution in [0.15, 0.2) is 42.9 Å². The SMILES string of the molecule is CCn1cc(/C=C/C(=O)Nc2nn(Cc3ccc(Cl)c(Cl)c3)cc2Cl)cn1. The van der Waals surface area contributed by atoms with Gasteiger partial charge in [0.15, 0.2) is 5.82 Å². The molecule has 0 saturated heterocycles. The fraction of sp³-hybridized carbons (Fsp3) is 0.167. The maximum absolute atomic E-state index is 12.1. The molecule has 3 aromatic rings. The highest BCUT2D eigenvalue weighted by Crippen LogP contribution is 2.24. The third-order valence-corrected chi connectivity index (χ3v) is 4.71. The summed E-state index contributed by atoms with van der Waals surface area (Å²) in [6.45, 7) is 3.20. The summed E-state index contributed by atoms with van der Waals surface area (Å²) in [6, 6.07) is 5.33. The second-order valence-electron chi connectivity index (χ2n) is 5.72. The normalized spacial score (nSPS) is 11.3. The highest BCUT2D eigenvalue weighted by molar-refractivity contribution is 6.42. The van der Waals surface area contributed by atoms with Gasteiger partial charge in [0.25, 0.3) is 0 Å². The number of hydrogen-bond donors (Lipinski definition) is 1. The molecule has 0 bridgehead atoms. The van der Waals surface area contributed by atoms with E-state index in [0.29, 0.717) is 21.6 Å². The molecule has 0 aliphatic rings. The van der Waals surface area contributed by atoms with Gasteiger partial charge in [0.2, 0.25) is 5.91 Å². The topological polar surface area (TPSA) is 64.7 Å². The molecule has 0 saturated carbocycles. The van der Waals surface area contributed by atoms with Crippen LogP contribution in [0, 0.1) is 0 Å². The Labute approximate surface area is 171 Å². The molecule has 9 heteroatoms. The number of carbonyl (C=O) groups excluding carboxylic acids is 1. The van der Waals surface area contributed by atoms with Crippen molar-refractivity contribution in [1.82, 2.24) is 19.6 Å². The van der Waals surface area contributed by atoms with Crippen molar-refractivity contribution in [1.29, 1.82) is 0 Å². The van der Waals surface area contributed by atoms with Crippen LogP contribution in [-0.4, -0.2) is 25.5 Å². The number of carbonyl (C=O) groups is 1. The molecule has 1 aromatic carbocycles. The lowest BCUT2D eigenvalue weighted by atomic mass is 10.2. The minimum absolute atomic E-state index is 0.288. The van der Waals surface area contributed by atoms with E-state index in [2.05, 4.69) is 15.5 Å². The molecule has 0 unspecified atom stereocenters. The minimum atomic E-state index is -0.332. The van der Waals surface area contributed by atoms with Gasteiger partial charge in [0.05, 0.1) is 22.8 Å². The molecule has 0 aliphatic carbocycles. The van der Waals surface area contributed by atoms with Gasteiger partial charge in [-0.05, 0) is 30.7 Å². The summed E-state index contributed by atoms with van der Waals surface area (Å²) >= 11 is 18.1. The Morgan fingerprint density at radius 1 is 1.15 bits per heavy atom. The lowest BCUT2D eigenvalue weighted by Gasteiger charge is -2.03. The van der Waals surface area contributed by atoms with Crippen molar-refractivity contribution < 1.29 is 4.79 Å². The fourth-order valence-corrected chi connectivity index (χ4v) is 2.88. The summed E-state index contributed by atoms with van der Waals surface area (Å²) in [6.07, 6.45) is 8.25. The molecular formula is C18H16Cl3N5O. The van der Waals surface area contributed by atoms with E-state index < -0.39 is 0 Å². The van der Waals surface area contributed by atoms with Gasteiger partial charge >= 0.3 is 0 Å². The first-order valence-electron chi connectivity index (χ1n) is 8.13. The molecule has 0 aliphatic heterocycles. The maximum atomic E-state index is 12.1. The zero-order chi connectivity index (χ0) is 19.4. The number of aryl methyl sites for hydroxylation is 1. The highest BCUT2D eigenvalue weighted by atomic mass is 35.5. The Kier molecular flexibility index (Phi) is 6.21. The standard InChI is InChI=1S/C18H16Cl3N5O/c1-2-25-10-13(8-22-25)4-6-17(27)23-18-16(21)11-26(24-18)9-12-3-5-14(19)15(20)7-12/h3-8,10-11H,2,9H2,1H3,(H,23,24,27)/b6-4+. The summed E-state index contributed by atoms with van der Waals surface area (Å²) < 4.78 is 3.39. The molecule has 2 aromatic heterocycles. The van der Waals surface area contributed by atoms with Crippen LogP contribution in [0.1, 0.15) is 18.1 Å². The quantitative estimate of drug-likeness (QED) is 0.580. The Bertz CT molecular complexity index is 993. The van der Waals surface area contributed by atoms with E-state index in [1.54, 1.807) is 40.0 Å². The summed E-state index contributed by atoms with van der Waals surface area (Å²) in [5.41, 5.74) is 1.75. The molecule has 3 rings (SSSR count). The molecule has 0 spiro atoms. The number of hydrogen-bond acceptors (Lipinski definition) is 3. The van der Waals surface area contributed by atoms with Crippen LogP contribution in [0.5, 0.6) is 0 Å². The number of amides is 1. The van der Waals surface area contributed by atoms with Crippen molar-refractivity contribution in [3.05, 3.63) is 69.1 Å². The number of rotatable bonds is 6. The van der Waals surface area contributed by atoms with Crippen LogP contribution in [0.25, 0.3) is 6.08 Å². The third kappa shape index (κ3) is 5.13. The van der Waals surface area contributed by atoms with Crippen LogP contribution >= 0.6 is 34.8 Å². The Morgan fingerprint density at radius 3 is 2.67 bits per heavy atom. The number of anilines is 1. The number of nitrogens with one attached hydrogen (secondary N) is 1. The summed E-state index contributed by atoms with van der Waals surface area (Å²) in [4.78, 5) is 12.1. The molecule has 6 nitrogen and oxygen atoms in total. The van der Waals surface area contributed by atoms with Gasteiger partial charge in [-0.1, -0.05) is 40.9 Å². The van der Waals surface area contributed by atoms with Gasteiger partial charge in [0.1, 0.15) is 5.02 Å². The van der Waals surface area contributed by atoms with Crippen molar-refractivity contribution in [2.24, 2.45) is 0 Å². The first-order valence-corrected chi connectivity index (χ1v) is 9.26. The number of nitrogens with zero attached hydrogens (tertiary/aromatic N) is 4. The molecule has 2 heterocycles. The second kappa shape index (κ2) is 8.61. The van der Waals surface area contributed by atoms with E-state index in [-0.39, 0.29) is 11.7 Å². The van der Waals surface area contributed by atoms with Gasteiger partial charge in [-0.3, -0.25) is 14.2 Å². The summed E-state index contributed by atoms with van der Waals surface area (Å²) in [5, 5.41) is 12.4. The first-order chi connectivity index (χ1) is 12.9. The Hall–Kier alpha value is -2.28. The largest absolute Gasteiger partial charge is 0.304 e. The third-order valence-electron chi connectivity index (χ3n) is 3.69. The van der Waals surface area contributed by atoms with Crippen molar-refractivity contribution >= 4 is 52.6 Å². The highest BCUT2D eigenvalue weighted by Gasteiger charge is 2.10. The lowest BCUT2D eigenvalue weighted by Crippen LogP contribution is -2.09. The van der Waals surface area contributed by atoms with Gasteiger partial charge in [-0.2, -0.15) is 10.2 Å². The van der Waals surface area contributed by atoms with E-state index in [4.69, 9.17) is 34.8 Å². The van der Waals surface area contributed by atoms with Crippen molar-refractivity contribution in [2.45, 2.75) is 20.0 Å². The fourth-order valence-electron chi connectivity index (χ4n) is 2.36. The molecule has 0 atom stereocenters. The van der Waals surface area contributed by atoms with Crippen molar-refractivity contribution in [3.63, 3.8) is 0 Å². The van der Waals surface area contributed by atoms with E-state index in [1.165, 1.54) is 6.08 Å². The average Bonchev–Trinajstić information content (AvgIpc) is 3.23. The smallest absolute Gasteiger partial charge is 0.249 e. The van der Waals surface area contributed by atoms with E-state index >= 15 is 0 Å². The maximum Gasteiger partial charge on any atom is 0.249 e. The van der Waals surface area contributed by atoms with E-state index in [9.17, 15) is 4.79 Å². The van der Waals surface area contributed by atoms with Gasteiger partial charge in [0, 0.05) is 30.6 Å². The molecule has 1 amide bonds. The minimum Gasteiger partial charge on any atom is -0.304 e. The van der Waals surface area contributed by atoms with Crippen LogP contribution in [0.3, 0.4) is 0 Å². The summed E-state index contributed by atoms with van der Waals surface area (Å²) in [5.74, 6) is -0.0448. The Balaban J connectivity index is 1.65. The average molecular weight is 425 g/mol. The molecule has 0 fully saturated rings. The first kappa shape index (κ1) is 19.5. The van der Waals surface area contributed by atoms with Crippen LogP contribution in [0.4, 0.5) is 5.82 Å². The molecule has 0 radical (unpaired) electrons. The van der Waals surface area contributed by atoms with E-state index in [0.717, 1.165) is 17.7 Å². The van der Waals surface area contributed by atoms with Crippen LogP contribution in [-0.2, 0) is 17.9 Å². The molecular weight excluding hydrogens is 409 g/mol. The molecule has 1 N–H and O–H groups in total. The number of halogens is 3. The number of benzene rings is 1. The van der Waals surface area contributed by atoms with Crippen LogP contribution < -0.4 is 5.32 Å². The predicted molar refractivity (Wildman–Crippen MR) is 108 cm³/mol. The van der Waals surface area contributed by atoms with E-state index in [1.807, 2.05) is 19.2 Å². The van der Waals surface area contributed by atoms with Crippen LogP contribution in [0.2, 0.25) is 15.1 Å². The zero-order valence-electron chi connectivity index (χ0n) is 14.4. The predicted octanol–water partition coefficient (Wildman–Crippen LogP) is 4.76. The molecule has 140 valence electrons. The van der Waals surface area contributed by atoms with Crippen molar-refractivity contribution in [2.75, 3.05) is 5.32 Å². The molecule has 27 heavy (non-hydrogen) atoms. The van der Waals surface area contributed by atoms with Gasteiger partial charge in [-0.15, -0.1) is 0 Å². The number of aromatic nitrogens is 4. The van der Waals surface area contributed by atoms with Gasteiger partial charge in [-0.25, -0.2) is 0 Å². The van der Waals surface area contributed by atoms with Gasteiger partial charge < -0.3 is 5.32 Å². The van der Waals surface area contributed by atoms with Crippen molar-refractivity contribution in [3.8, 4) is 0 Å².